The molecule has 0 aliphatic rings. The molecule has 1 aromatic rings. The average Bonchev–Trinajstić information content (AvgIpc) is 2.48. The third-order valence-electron chi connectivity index (χ3n) is 3.95. The molecule has 0 radical (unpaired) electrons. The van der Waals surface area contributed by atoms with Crippen LogP contribution in [-0.2, 0) is 14.9 Å². The Balaban J connectivity index is 2.89. The van der Waals surface area contributed by atoms with Crippen LogP contribution in [0.5, 0.6) is 0 Å². The third-order valence-corrected chi connectivity index (χ3v) is 3.95. The summed E-state index contributed by atoms with van der Waals surface area (Å²) >= 11 is 0. The Morgan fingerprint density at radius 1 is 1.14 bits per heavy atom. The van der Waals surface area contributed by atoms with E-state index in [0.717, 1.165) is 37.7 Å². The zero-order chi connectivity index (χ0) is 16.6. The van der Waals surface area contributed by atoms with Crippen molar-refractivity contribution < 1.29 is 9.53 Å². The van der Waals surface area contributed by atoms with Gasteiger partial charge >= 0.3 is 5.97 Å². The van der Waals surface area contributed by atoms with Crippen LogP contribution in [0.3, 0.4) is 0 Å². The molecule has 2 nitrogen and oxygen atoms in total. The first-order valence-corrected chi connectivity index (χ1v) is 8.68. The highest BCUT2D eigenvalue weighted by Crippen LogP contribution is 2.29. The molecule has 1 aromatic carbocycles. The molecule has 2 heteroatoms. The maximum Gasteiger partial charge on any atom is 0.306 e. The monoisotopic (exact) mass is 304 g/mol. The maximum atomic E-state index is 12.0. The molecule has 22 heavy (non-hydrogen) atoms. The van der Waals surface area contributed by atoms with Crippen LogP contribution in [0.15, 0.2) is 24.3 Å². The van der Waals surface area contributed by atoms with Gasteiger partial charge in [-0.3, -0.25) is 4.79 Å². The zero-order valence-corrected chi connectivity index (χ0v) is 14.9. The van der Waals surface area contributed by atoms with Crippen molar-refractivity contribution >= 4 is 5.97 Å². The van der Waals surface area contributed by atoms with Gasteiger partial charge in [-0.25, -0.2) is 0 Å². The van der Waals surface area contributed by atoms with Crippen LogP contribution >= 0.6 is 0 Å². The fraction of sp³-hybridized carbons (Fsp3) is 0.650. The summed E-state index contributed by atoms with van der Waals surface area (Å²) in [7, 11) is 0. The number of ether oxygens (including phenoxy) is 1. The lowest BCUT2D eigenvalue weighted by atomic mass is 9.85. The lowest BCUT2D eigenvalue weighted by Gasteiger charge is -2.23. The van der Waals surface area contributed by atoms with Crippen LogP contribution in [0.2, 0.25) is 0 Å². The van der Waals surface area contributed by atoms with E-state index < -0.39 is 0 Å². The minimum Gasteiger partial charge on any atom is -0.457 e. The smallest absolute Gasteiger partial charge is 0.306 e. The molecule has 0 fully saturated rings. The van der Waals surface area contributed by atoms with Crippen molar-refractivity contribution in [1.82, 2.24) is 0 Å². The largest absolute Gasteiger partial charge is 0.457 e. The first-order chi connectivity index (χ1) is 10.4. The van der Waals surface area contributed by atoms with Crippen LogP contribution in [0.25, 0.3) is 0 Å². The molecule has 0 aromatic heterocycles. The van der Waals surface area contributed by atoms with E-state index in [2.05, 4.69) is 58.9 Å². The Bertz CT molecular complexity index is 457. The number of unbranched alkanes of at least 4 members (excludes halogenated alkanes) is 2. The minimum atomic E-state index is -0.105. The van der Waals surface area contributed by atoms with Crippen molar-refractivity contribution in [1.29, 1.82) is 0 Å². The van der Waals surface area contributed by atoms with E-state index in [4.69, 9.17) is 4.74 Å². The average molecular weight is 304 g/mol. The number of esters is 1. The minimum absolute atomic E-state index is 0.0656. The standard InChI is InChI=1S/C20H32O2/c1-6-8-13-18(22-19(21)14-9-7-2)16-11-10-12-17(15-16)20(3,4)5/h10-12,15,18H,6-9,13-14H2,1-5H3. The summed E-state index contributed by atoms with van der Waals surface area (Å²) in [5.74, 6) is -0.0656. The maximum absolute atomic E-state index is 12.0. The van der Waals surface area contributed by atoms with Gasteiger partial charge in [0.25, 0.3) is 0 Å². The van der Waals surface area contributed by atoms with Gasteiger partial charge in [0.15, 0.2) is 0 Å². The molecule has 124 valence electrons. The van der Waals surface area contributed by atoms with Crippen molar-refractivity contribution in [3.8, 4) is 0 Å². The van der Waals surface area contributed by atoms with Gasteiger partial charge in [-0.15, -0.1) is 0 Å². The normalized spacial score (nSPS) is 13.0. The molecule has 0 spiro atoms. The van der Waals surface area contributed by atoms with E-state index in [1.165, 1.54) is 5.56 Å². The number of hydrogen-bond donors (Lipinski definition) is 0. The van der Waals surface area contributed by atoms with Gasteiger partial charge in [-0.05, 0) is 35.8 Å². The number of rotatable bonds is 8. The predicted octanol–water partition coefficient (Wildman–Crippen LogP) is 5.95. The van der Waals surface area contributed by atoms with Gasteiger partial charge in [0.05, 0.1) is 0 Å². The van der Waals surface area contributed by atoms with Crippen molar-refractivity contribution in [3.05, 3.63) is 35.4 Å². The molecular weight excluding hydrogens is 272 g/mol. The van der Waals surface area contributed by atoms with Gasteiger partial charge < -0.3 is 4.74 Å². The molecule has 0 heterocycles. The molecule has 0 amide bonds. The highest BCUT2D eigenvalue weighted by atomic mass is 16.5. The topological polar surface area (TPSA) is 26.3 Å². The lowest BCUT2D eigenvalue weighted by Crippen LogP contribution is -2.14. The molecule has 0 aliphatic carbocycles. The Kier molecular flexibility index (Phi) is 7.64. The Morgan fingerprint density at radius 2 is 1.82 bits per heavy atom. The second-order valence-corrected chi connectivity index (χ2v) is 7.10. The summed E-state index contributed by atoms with van der Waals surface area (Å²) < 4.78 is 5.77. The first-order valence-electron chi connectivity index (χ1n) is 8.68. The van der Waals surface area contributed by atoms with E-state index in [-0.39, 0.29) is 17.5 Å². The molecule has 0 aliphatic heterocycles. The van der Waals surface area contributed by atoms with E-state index in [0.29, 0.717) is 6.42 Å². The Hall–Kier alpha value is -1.31. The molecule has 1 unspecified atom stereocenters. The van der Waals surface area contributed by atoms with E-state index >= 15 is 0 Å². The van der Waals surface area contributed by atoms with Crippen molar-refractivity contribution in [2.24, 2.45) is 0 Å². The highest BCUT2D eigenvalue weighted by Gasteiger charge is 2.19. The van der Waals surface area contributed by atoms with Crippen LogP contribution in [-0.4, -0.2) is 5.97 Å². The zero-order valence-electron chi connectivity index (χ0n) is 14.9. The van der Waals surface area contributed by atoms with Gasteiger partial charge in [-0.1, -0.05) is 71.7 Å². The summed E-state index contributed by atoms with van der Waals surface area (Å²) in [4.78, 5) is 12.0. The van der Waals surface area contributed by atoms with Crippen LogP contribution in [0.1, 0.15) is 90.4 Å². The summed E-state index contributed by atoms with van der Waals surface area (Å²) in [5.41, 5.74) is 2.53. The number of hydrogen-bond acceptors (Lipinski definition) is 2. The lowest BCUT2D eigenvalue weighted by molar-refractivity contribution is -0.150. The van der Waals surface area contributed by atoms with Crippen molar-refractivity contribution in [2.45, 2.75) is 84.7 Å². The molecule has 0 saturated carbocycles. The van der Waals surface area contributed by atoms with Crippen LogP contribution in [0, 0.1) is 0 Å². The molecule has 0 N–H and O–H groups in total. The summed E-state index contributed by atoms with van der Waals surface area (Å²) in [6.07, 6.45) is 5.44. The fourth-order valence-corrected chi connectivity index (χ4v) is 2.43. The number of carbonyl (C=O) groups is 1. The fourth-order valence-electron chi connectivity index (χ4n) is 2.43. The summed E-state index contributed by atoms with van der Waals surface area (Å²) in [6, 6.07) is 8.52. The summed E-state index contributed by atoms with van der Waals surface area (Å²) in [6.45, 7) is 10.9. The SMILES string of the molecule is CCCCC(=O)OC(CCCC)c1cccc(C(C)(C)C)c1. The third kappa shape index (κ3) is 6.21. The van der Waals surface area contributed by atoms with E-state index in [1.54, 1.807) is 0 Å². The Labute approximate surface area is 136 Å². The predicted molar refractivity (Wildman–Crippen MR) is 93.0 cm³/mol. The number of benzene rings is 1. The van der Waals surface area contributed by atoms with Gasteiger partial charge in [0, 0.05) is 6.42 Å². The van der Waals surface area contributed by atoms with Gasteiger partial charge in [-0.2, -0.15) is 0 Å². The van der Waals surface area contributed by atoms with Crippen LogP contribution < -0.4 is 0 Å². The van der Waals surface area contributed by atoms with Crippen molar-refractivity contribution in [2.75, 3.05) is 0 Å². The van der Waals surface area contributed by atoms with Gasteiger partial charge in [0.1, 0.15) is 6.10 Å². The molecule has 0 bridgehead atoms. The van der Waals surface area contributed by atoms with Crippen molar-refractivity contribution in [3.63, 3.8) is 0 Å². The second kappa shape index (κ2) is 8.97. The molecule has 1 rings (SSSR count). The molecule has 0 saturated heterocycles. The first kappa shape index (κ1) is 18.7. The quantitative estimate of drug-likeness (QED) is 0.555. The molecular formula is C20H32O2. The van der Waals surface area contributed by atoms with Gasteiger partial charge in [0.2, 0.25) is 0 Å². The highest BCUT2D eigenvalue weighted by molar-refractivity contribution is 5.69. The van der Waals surface area contributed by atoms with E-state index in [9.17, 15) is 4.79 Å². The van der Waals surface area contributed by atoms with Crippen LogP contribution in [0.4, 0.5) is 0 Å². The van der Waals surface area contributed by atoms with E-state index in [1.807, 2.05) is 0 Å². The summed E-state index contributed by atoms with van der Waals surface area (Å²) in [5, 5.41) is 0. The number of carbonyl (C=O) groups excluding carboxylic acids is 1. The Morgan fingerprint density at radius 3 is 2.41 bits per heavy atom. The molecule has 1 atom stereocenters. The second-order valence-electron chi connectivity index (χ2n) is 7.10.